The first-order valence-corrected chi connectivity index (χ1v) is 9.38. The monoisotopic (exact) mass is 384 g/mol. The Morgan fingerprint density at radius 3 is 2.17 bits per heavy atom. The standard InChI is InChI=1S/C25H20O4/c26-25(27)24(29-23-12-6-8-19-7-4-5-11-22(19)23)17-18-13-15-21(16-14-18)28-20-9-2-1-3-10-20/h1-16,24H,17H2,(H,26,27)/t24-/m0/s1. The quantitative estimate of drug-likeness (QED) is 0.444. The molecular formula is C25H20O4. The van der Waals surface area contributed by atoms with Crippen LogP contribution in [0.3, 0.4) is 0 Å². The van der Waals surface area contributed by atoms with Crippen LogP contribution in [-0.4, -0.2) is 17.2 Å². The van der Waals surface area contributed by atoms with Gasteiger partial charge in [0.15, 0.2) is 6.10 Å². The fraction of sp³-hybridized carbons (Fsp3) is 0.0800. The normalized spacial score (nSPS) is 11.7. The van der Waals surface area contributed by atoms with E-state index in [0.717, 1.165) is 22.1 Å². The van der Waals surface area contributed by atoms with Gasteiger partial charge in [0.2, 0.25) is 0 Å². The topological polar surface area (TPSA) is 55.8 Å². The second kappa shape index (κ2) is 8.48. The van der Waals surface area contributed by atoms with E-state index in [1.807, 2.05) is 91.0 Å². The van der Waals surface area contributed by atoms with Crippen molar-refractivity contribution in [2.45, 2.75) is 12.5 Å². The molecule has 0 spiro atoms. The van der Waals surface area contributed by atoms with Gasteiger partial charge in [-0.15, -0.1) is 0 Å². The summed E-state index contributed by atoms with van der Waals surface area (Å²) in [6, 6.07) is 30.3. The number of carboxylic acid groups (broad SMARTS) is 1. The Kier molecular flexibility index (Phi) is 5.43. The number of aliphatic carboxylic acids is 1. The molecule has 4 nitrogen and oxygen atoms in total. The van der Waals surface area contributed by atoms with E-state index in [9.17, 15) is 9.90 Å². The molecule has 0 heterocycles. The summed E-state index contributed by atoms with van der Waals surface area (Å²) in [5, 5.41) is 11.6. The molecule has 0 aliphatic rings. The fourth-order valence-corrected chi connectivity index (χ4v) is 3.16. The van der Waals surface area contributed by atoms with Gasteiger partial charge in [0.1, 0.15) is 17.2 Å². The largest absolute Gasteiger partial charge is 0.478 e. The van der Waals surface area contributed by atoms with Crippen molar-refractivity contribution in [3.63, 3.8) is 0 Å². The van der Waals surface area contributed by atoms with Crippen molar-refractivity contribution in [2.75, 3.05) is 0 Å². The zero-order valence-electron chi connectivity index (χ0n) is 15.7. The number of carboxylic acids is 1. The number of ether oxygens (including phenoxy) is 2. The van der Waals surface area contributed by atoms with Crippen LogP contribution in [0.25, 0.3) is 10.8 Å². The minimum absolute atomic E-state index is 0.254. The van der Waals surface area contributed by atoms with Gasteiger partial charge in [-0.25, -0.2) is 4.79 Å². The molecule has 0 aliphatic carbocycles. The minimum Gasteiger partial charge on any atom is -0.478 e. The zero-order chi connectivity index (χ0) is 20.1. The maximum atomic E-state index is 11.8. The second-order valence-corrected chi connectivity index (χ2v) is 6.69. The van der Waals surface area contributed by atoms with Gasteiger partial charge < -0.3 is 14.6 Å². The molecule has 4 heteroatoms. The van der Waals surface area contributed by atoms with Gasteiger partial charge in [0.25, 0.3) is 0 Å². The first-order chi connectivity index (χ1) is 14.2. The summed E-state index contributed by atoms with van der Waals surface area (Å²) in [5.41, 5.74) is 0.859. The van der Waals surface area contributed by atoms with Gasteiger partial charge in [-0.3, -0.25) is 0 Å². The Morgan fingerprint density at radius 2 is 1.41 bits per heavy atom. The van der Waals surface area contributed by atoms with Crippen LogP contribution in [0.1, 0.15) is 5.56 Å². The highest BCUT2D eigenvalue weighted by atomic mass is 16.5. The SMILES string of the molecule is O=C(O)[C@H](Cc1ccc(Oc2ccccc2)cc1)Oc1cccc2ccccc12. The molecule has 4 aromatic rings. The molecule has 0 radical (unpaired) electrons. The maximum absolute atomic E-state index is 11.8. The van der Waals surface area contributed by atoms with E-state index in [-0.39, 0.29) is 6.42 Å². The van der Waals surface area contributed by atoms with Crippen LogP contribution < -0.4 is 9.47 Å². The highest BCUT2D eigenvalue weighted by Gasteiger charge is 2.21. The van der Waals surface area contributed by atoms with Crippen LogP contribution in [0.5, 0.6) is 17.2 Å². The summed E-state index contributed by atoms with van der Waals surface area (Å²) >= 11 is 0. The number of rotatable bonds is 7. The van der Waals surface area contributed by atoms with Crippen LogP contribution in [0.15, 0.2) is 97.1 Å². The van der Waals surface area contributed by atoms with Crippen LogP contribution in [0.4, 0.5) is 0 Å². The minimum atomic E-state index is -0.998. The smallest absolute Gasteiger partial charge is 0.345 e. The number of benzene rings is 4. The van der Waals surface area contributed by atoms with E-state index in [1.165, 1.54) is 0 Å². The fourth-order valence-electron chi connectivity index (χ4n) is 3.16. The Hall–Kier alpha value is -3.79. The predicted molar refractivity (Wildman–Crippen MR) is 113 cm³/mol. The van der Waals surface area contributed by atoms with Crippen molar-refractivity contribution in [3.8, 4) is 17.2 Å². The van der Waals surface area contributed by atoms with Gasteiger partial charge >= 0.3 is 5.97 Å². The number of carbonyl (C=O) groups is 1. The van der Waals surface area contributed by atoms with Crippen molar-refractivity contribution in [1.29, 1.82) is 0 Å². The molecule has 0 aliphatic heterocycles. The van der Waals surface area contributed by atoms with E-state index in [1.54, 1.807) is 6.07 Å². The van der Waals surface area contributed by atoms with Crippen molar-refractivity contribution >= 4 is 16.7 Å². The number of para-hydroxylation sites is 1. The van der Waals surface area contributed by atoms with Crippen LogP contribution >= 0.6 is 0 Å². The molecule has 0 saturated carbocycles. The molecule has 0 saturated heterocycles. The molecule has 1 atom stereocenters. The lowest BCUT2D eigenvalue weighted by molar-refractivity contribution is -0.144. The summed E-state index contributed by atoms with van der Waals surface area (Å²) in [6.45, 7) is 0. The second-order valence-electron chi connectivity index (χ2n) is 6.69. The van der Waals surface area contributed by atoms with Crippen molar-refractivity contribution in [3.05, 3.63) is 103 Å². The molecular weight excluding hydrogens is 364 g/mol. The van der Waals surface area contributed by atoms with Crippen LogP contribution in [-0.2, 0) is 11.2 Å². The van der Waals surface area contributed by atoms with Crippen molar-refractivity contribution < 1.29 is 19.4 Å². The molecule has 4 aromatic carbocycles. The molecule has 0 aromatic heterocycles. The summed E-state index contributed by atoms with van der Waals surface area (Å²) in [4.78, 5) is 11.8. The lowest BCUT2D eigenvalue weighted by Crippen LogP contribution is -2.29. The Balaban J connectivity index is 1.49. The van der Waals surface area contributed by atoms with Gasteiger partial charge in [-0.2, -0.15) is 0 Å². The Bertz CT molecular complexity index is 1100. The Labute approximate surface area is 169 Å². The van der Waals surface area contributed by atoms with E-state index in [4.69, 9.17) is 9.47 Å². The third-order valence-electron chi connectivity index (χ3n) is 4.62. The average Bonchev–Trinajstić information content (AvgIpc) is 2.75. The summed E-state index contributed by atoms with van der Waals surface area (Å²) in [6.07, 6.45) is -0.730. The Morgan fingerprint density at radius 1 is 0.759 bits per heavy atom. The summed E-state index contributed by atoms with van der Waals surface area (Å²) < 4.78 is 11.7. The number of hydrogen-bond acceptors (Lipinski definition) is 3. The first-order valence-electron chi connectivity index (χ1n) is 9.38. The highest BCUT2D eigenvalue weighted by molar-refractivity contribution is 5.88. The van der Waals surface area contributed by atoms with E-state index in [0.29, 0.717) is 11.5 Å². The molecule has 0 fully saturated rings. The molecule has 29 heavy (non-hydrogen) atoms. The molecule has 1 N–H and O–H groups in total. The van der Waals surface area contributed by atoms with Gasteiger partial charge in [0, 0.05) is 11.8 Å². The van der Waals surface area contributed by atoms with Crippen LogP contribution in [0, 0.1) is 0 Å². The highest BCUT2D eigenvalue weighted by Crippen LogP contribution is 2.27. The van der Waals surface area contributed by atoms with Crippen molar-refractivity contribution in [2.24, 2.45) is 0 Å². The van der Waals surface area contributed by atoms with Gasteiger partial charge in [-0.05, 0) is 41.3 Å². The number of fused-ring (bicyclic) bond motifs is 1. The predicted octanol–water partition coefficient (Wildman–Crippen LogP) is 5.71. The third-order valence-corrected chi connectivity index (χ3v) is 4.62. The average molecular weight is 384 g/mol. The molecule has 0 bridgehead atoms. The molecule has 4 rings (SSSR count). The van der Waals surface area contributed by atoms with Gasteiger partial charge in [0.05, 0.1) is 0 Å². The molecule has 144 valence electrons. The van der Waals surface area contributed by atoms with Gasteiger partial charge in [-0.1, -0.05) is 66.7 Å². The summed E-state index contributed by atoms with van der Waals surface area (Å²) in [7, 11) is 0. The maximum Gasteiger partial charge on any atom is 0.345 e. The third kappa shape index (κ3) is 4.55. The van der Waals surface area contributed by atoms with Crippen LogP contribution in [0.2, 0.25) is 0 Å². The molecule has 0 unspecified atom stereocenters. The first kappa shape index (κ1) is 18.6. The lowest BCUT2D eigenvalue weighted by atomic mass is 10.1. The molecule has 0 amide bonds. The zero-order valence-corrected chi connectivity index (χ0v) is 15.7. The lowest BCUT2D eigenvalue weighted by Gasteiger charge is -2.17. The van der Waals surface area contributed by atoms with E-state index >= 15 is 0 Å². The van der Waals surface area contributed by atoms with E-state index in [2.05, 4.69) is 0 Å². The summed E-state index contributed by atoms with van der Waals surface area (Å²) in [5.74, 6) is 1.02. The van der Waals surface area contributed by atoms with E-state index < -0.39 is 12.1 Å². The van der Waals surface area contributed by atoms with Crippen molar-refractivity contribution in [1.82, 2.24) is 0 Å². The number of hydrogen-bond donors (Lipinski definition) is 1.